The molecule has 0 saturated carbocycles. The van der Waals surface area contributed by atoms with Crippen molar-refractivity contribution in [3.05, 3.63) is 24.0 Å². The van der Waals surface area contributed by atoms with E-state index in [1.54, 1.807) is 0 Å². The van der Waals surface area contributed by atoms with Crippen LogP contribution >= 0.6 is 0 Å². The van der Waals surface area contributed by atoms with E-state index in [0.717, 1.165) is 31.0 Å². The summed E-state index contributed by atoms with van der Waals surface area (Å²) in [7, 11) is 2.09. The minimum Gasteiger partial charge on any atom is -0.395 e. The molecule has 0 radical (unpaired) electrons. The van der Waals surface area contributed by atoms with Crippen molar-refractivity contribution in [2.24, 2.45) is 5.92 Å². The zero-order valence-corrected chi connectivity index (χ0v) is 11.5. The van der Waals surface area contributed by atoms with Crippen molar-refractivity contribution in [2.75, 3.05) is 38.2 Å². The van der Waals surface area contributed by atoms with Crippen LogP contribution in [0.25, 0.3) is 0 Å². The van der Waals surface area contributed by atoms with Crippen LogP contribution in [0.2, 0.25) is 0 Å². The van der Waals surface area contributed by atoms with E-state index in [0.29, 0.717) is 5.92 Å². The van der Waals surface area contributed by atoms with Crippen LogP contribution in [-0.4, -0.2) is 54.3 Å². The van der Waals surface area contributed by atoms with Gasteiger partial charge >= 0.3 is 0 Å². The van der Waals surface area contributed by atoms with Crippen LogP contribution in [0.3, 0.4) is 0 Å². The van der Waals surface area contributed by atoms with Crippen LogP contribution in [0.1, 0.15) is 12.6 Å². The number of hydrogen-bond donors (Lipinski definition) is 1. The van der Waals surface area contributed by atoms with E-state index >= 15 is 0 Å². The Bertz CT molecular complexity index is 379. The highest BCUT2D eigenvalue weighted by molar-refractivity contribution is 5.45. The van der Waals surface area contributed by atoms with Crippen LogP contribution in [0.15, 0.2) is 18.3 Å². The zero-order valence-electron chi connectivity index (χ0n) is 11.5. The van der Waals surface area contributed by atoms with E-state index in [4.69, 9.17) is 0 Å². The molecule has 1 aliphatic heterocycles. The fourth-order valence-electron chi connectivity index (χ4n) is 2.60. The number of aliphatic hydroxyl groups excluding tert-OH is 1. The molecule has 1 aromatic rings. The van der Waals surface area contributed by atoms with Crippen LogP contribution in [0.4, 0.5) is 5.69 Å². The Morgan fingerprint density at radius 1 is 1.33 bits per heavy atom. The molecule has 4 nitrogen and oxygen atoms in total. The predicted octanol–water partition coefficient (Wildman–Crippen LogP) is 1.14. The van der Waals surface area contributed by atoms with Crippen molar-refractivity contribution in [3.63, 3.8) is 0 Å². The monoisotopic (exact) mass is 249 g/mol. The van der Waals surface area contributed by atoms with Crippen molar-refractivity contribution in [1.29, 1.82) is 0 Å². The Hall–Kier alpha value is -1.13. The summed E-state index contributed by atoms with van der Waals surface area (Å²) in [6.07, 6.45) is 1.93. The Kier molecular flexibility index (Phi) is 4.19. The normalized spacial score (nSPS) is 26.1. The fraction of sp³-hybridized carbons (Fsp3) is 0.643. The molecule has 100 valence electrons. The minimum atomic E-state index is 0.205. The lowest BCUT2D eigenvalue weighted by atomic mass is 10.1. The maximum absolute atomic E-state index is 9.50. The summed E-state index contributed by atoms with van der Waals surface area (Å²) in [4.78, 5) is 8.95. The third kappa shape index (κ3) is 3.00. The van der Waals surface area contributed by atoms with Crippen molar-refractivity contribution in [2.45, 2.75) is 19.9 Å². The van der Waals surface area contributed by atoms with Crippen molar-refractivity contribution < 1.29 is 5.11 Å². The Labute approximate surface area is 109 Å². The average Bonchev–Trinajstić information content (AvgIpc) is 2.48. The van der Waals surface area contributed by atoms with Gasteiger partial charge in [-0.25, -0.2) is 0 Å². The number of hydrogen-bond acceptors (Lipinski definition) is 4. The number of pyridine rings is 1. The lowest BCUT2D eigenvalue weighted by Gasteiger charge is -2.28. The molecular weight excluding hydrogens is 226 g/mol. The molecule has 2 atom stereocenters. The van der Waals surface area contributed by atoms with Gasteiger partial charge in [-0.2, -0.15) is 0 Å². The first kappa shape index (κ1) is 13.3. The van der Waals surface area contributed by atoms with Crippen LogP contribution in [0.5, 0.6) is 0 Å². The van der Waals surface area contributed by atoms with Gasteiger partial charge in [0.1, 0.15) is 0 Å². The fourth-order valence-corrected chi connectivity index (χ4v) is 2.60. The highest BCUT2D eigenvalue weighted by Crippen LogP contribution is 2.20. The first-order valence-electron chi connectivity index (χ1n) is 6.59. The lowest BCUT2D eigenvalue weighted by molar-refractivity contribution is 0.151. The van der Waals surface area contributed by atoms with Gasteiger partial charge in [-0.05, 0) is 32.0 Å². The molecule has 1 fully saturated rings. The molecule has 0 aromatic carbocycles. The largest absolute Gasteiger partial charge is 0.395 e. The summed E-state index contributed by atoms with van der Waals surface area (Å²) in [5.41, 5.74) is 2.19. The molecule has 0 bridgehead atoms. The van der Waals surface area contributed by atoms with Gasteiger partial charge in [0.05, 0.1) is 18.5 Å². The molecular formula is C14H23N3O. The van der Waals surface area contributed by atoms with Gasteiger partial charge in [-0.15, -0.1) is 0 Å². The number of likely N-dealkylation sites (N-methyl/N-ethyl adjacent to an activating group) is 1. The highest BCUT2D eigenvalue weighted by Gasteiger charge is 2.25. The third-order valence-electron chi connectivity index (χ3n) is 3.66. The number of aryl methyl sites for hydroxylation is 1. The van der Waals surface area contributed by atoms with E-state index in [2.05, 4.69) is 34.8 Å². The van der Waals surface area contributed by atoms with Gasteiger partial charge in [0, 0.05) is 31.4 Å². The number of aromatic nitrogens is 1. The van der Waals surface area contributed by atoms with Gasteiger partial charge in [-0.1, -0.05) is 6.92 Å². The second-order valence-corrected chi connectivity index (χ2v) is 5.44. The van der Waals surface area contributed by atoms with Crippen LogP contribution in [-0.2, 0) is 0 Å². The molecule has 1 aromatic heterocycles. The molecule has 1 N–H and O–H groups in total. The summed E-state index contributed by atoms with van der Waals surface area (Å²) in [6.45, 7) is 7.37. The van der Waals surface area contributed by atoms with Crippen molar-refractivity contribution in [3.8, 4) is 0 Å². The number of anilines is 1. The summed E-state index contributed by atoms with van der Waals surface area (Å²) in [6, 6.07) is 4.37. The number of nitrogens with zero attached hydrogens (tertiary/aromatic N) is 3. The van der Waals surface area contributed by atoms with E-state index in [1.165, 1.54) is 0 Å². The number of rotatable bonds is 2. The molecule has 1 saturated heterocycles. The summed E-state index contributed by atoms with van der Waals surface area (Å²) in [5, 5.41) is 9.50. The maximum Gasteiger partial charge on any atom is 0.0604 e. The molecule has 0 aliphatic carbocycles. The zero-order chi connectivity index (χ0) is 13.1. The summed E-state index contributed by atoms with van der Waals surface area (Å²) in [5.74, 6) is 0.591. The molecule has 2 heterocycles. The second kappa shape index (κ2) is 5.67. The van der Waals surface area contributed by atoms with Crippen LogP contribution < -0.4 is 4.90 Å². The van der Waals surface area contributed by atoms with Gasteiger partial charge in [0.2, 0.25) is 0 Å². The Balaban J connectivity index is 2.18. The average molecular weight is 249 g/mol. The molecule has 18 heavy (non-hydrogen) atoms. The SMILES string of the molecule is Cc1ccc(N2CC(C)CN(C)C(CO)C2)cn1. The standard InChI is InChI=1S/C14H23N3O/c1-11-7-16(3)14(10-18)9-17(8-11)13-5-4-12(2)15-6-13/h4-6,11,14,18H,7-10H2,1-3H3. The maximum atomic E-state index is 9.50. The molecule has 2 rings (SSSR count). The third-order valence-corrected chi connectivity index (χ3v) is 3.66. The Morgan fingerprint density at radius 2 is 2.11 bits per heavy atom. The first-order chi connectivity index (χ1) is 8.60. The first-order valence-corrected chi connectivity index (χ1v) is 6.59. The van der Waals surface area contributed by atoms with Gasteiger partial charge in [0.15, 0.2) is 0 Å². The Morgan fingerprint density at radius 3 is 2.72 bits per heavy atom. The summed E-state index contributed by atoms with van der Waals surface area (Å²) >= 11 is 0. The molecule has 2 unspecified atom stereocenters. The van der Waals surface area contributed by atoms with Crippen molar-refractivity contribution in [1.82, 2.24) is 9.88 Å². The topological polar surface area (TPSA) is 39.6 Å². The minimum absolute atomic E-state index is 0.205. The molecule has 4 heteroatoms. The number of aliphatic hydroxyl groups is 1. The predicted molar refractivity (Wildman–Crippen MR) is 73.9 cm³/mol. The van der Waals surface area contributed by atoms with E-state index in [9.17, 15) is 5.11 Å². The van der Waals surface area contributed by atoms with E-state index in [-0.39, 0.29) is 12.6 Å². The summed E-state index contributed by atoms with van der Waals surface area (Å²) < 4.78 is 0. The van der Waals surface area contributed by atoms with E-state index < -0.39 is 0 Å². The van der Waals surface area contributed by atoms with E-state index in [1.807, 2.05) is 19.2 Å². The van der Waals surface area contributed by atoms with Crippen LogP contribution in [0, 0.1) is 12.8 Å². The van der Waals surface area contributed by atoms with Gasteiger partial charge in [0.25, 0.3) is 0 Å². The van der Waals surface area contributed by atoms with Gasteiger partial charge in [-0.3, -0.25) is 9.88 Å². The molecule has 0 amide bonds. The molecule has 1 aliphatic rings. The quantitative estimate of drug-likeness (QED) is 0.853. The van der Waals surface area contributed by atoms with Gasteiger partial charge < -0.3 is 10.0 Å². The lowest BCUT2D eigenvalue weighted by Crippen LogP contribution is -2.41. The highest BCUT2D eigenvalue weighted by atomic mass is 16.3. The second-order valence-electron chi connectivity index (χ2n) is 5.44. The van der Waals surface area contributed by atoms with Crippen molar-refractivity contribution >= 4 is 5.69 Å². The smallest absolute Gasteiger partial charge is 0.0604 e. The molecule has 0 spiro atoms.